The minimum absolute atomic E-state index is 0.0998. The standard InChI is InChI=1S/C14H23N3O/c1-4-14(3,18-5-2)13-16-9-10-11(15)7-6-8-12(10)17-13/h9,11H,4-8,15H2,1-3H3. The van der Waals surface area contributed by atoms with Crippen LogP contribution in [0.3, 0.4) is 0 Å². The zero-order valence-electron chi connectivity index (χ0n) is 11.6. The van der Waals surface area contributed by atoms with Gasteiger partial charge in [0.2, 0.25) is 0 Å². The molecule has 18 heavy (non-hydrogen) atoms. The molecular weight excluding hydrogens is 226 g/mol. The molecule has 0 aromatic carbocycles. The molecule has 2 atom stereocenters. The maximum Gasteiger partial charge on any atom is 0.160 e. The Hall–Kier alpha value is -1.00. The van der Waals surface area contributed by atoms with Crippen LogP contribution in [0.15, 0.2) is 6.20 Å². The predicted molar refractivity (Wildman–Crippen MR) is 71.2 cm³/mol. The quantitative estimate of drug-likeness (QED) is 0.890. The molecule has 2 rings (SSSR count). The molecule has 1 aromatic rings. The molecular formula is C14H23N3O. The fraction of sp³-hybridized carbons (Fsp3) is 0.714. The molecule has 4 heteroatoms. The Kier molecular flexibility index (Phi) is 3.97. The molecule has 4 nitrogen and oxygen atoms in total. The van der Waals surface area contributed by atoms with Gasteiger partial charge in [-0.25, -0.2) is 9.97 Å². The highest BCUT2D eigenvalue weighted by atomic mass is 16.5. The molecule has 100 valence electrons. The molecule has 0 bridgehead atoms. The number of ether oxygens (including phenoxy) is 1. The van der Waals surface area contributed by atoms with Crippen molar-refractivity contribution in [1.82, 2.24) is 9.97 Å². The number of aromatic nitrogens is 2. The normalized spacial score (nSPS) is 22.3. The van der Waals surface area contributed by atoms with Gasteiger partial charge in [0.05, 0.1) is 0 Å². The summed E-state index contributed by atoms with van der Waals surface area (Å²) in [6, 6.07) is 0.0998. The Balaban J connectivity index is 2.35. The van der Waals surface area contributed by atoms with Gasteiger partial charge in [0.15, 0.2) is 5.82 Å². The highest BCUT2D eigenvalue weighted by molar-refractivity contribution is 5.25. The van der Waals surface area contributed by atoms with Gasteiger partial charge in [0, 0.05) is 30.1 Å². The smallest absolute Gasteiger partial charge is 0.160 e. The van der Waals surface area contributed by atoms with E-state index < -0.39 is 0 Å². The van der Waals surface area contributed by atoms with Gasteiger partial charge in [-0.1, -0.05) is 6.92 Å². The number of hydrogen-bond acceptors (Lipinski definition) is 4. The van der Waals surface area contributed by atoms with Gasteiger partial charge in [-0.3, -0.25) is 0 Å². The van der Waals surface area contributed by atoms with Crippen LogP contribution in [0.2, 0.25) is 0 Å². The number of nitrogens with two attached hydrogens (primary N) is 1. The molecule has 0 radical (unpaired) electrons. The summed E-state index contributed by atoms with van der Waals surface area (Å²) in [5.74, 6) is 0.791. The van der Waals surface area contributed by atoms with Crippen LogP contribution >= 0.6 is 0 Å². The van der Waals surface area contributed by atoms with Crippen molar-refractivity contribution in [2.75, 3.05) is 6.61 Å². The largest absolute Gasteiger partial charge is 0.368 e. The van der Waals surface area contributed by atoms with Gasteiger partial charge in [-0.15, -0.1) is 0 Å². The summed E-state index contributed by atoms with van der Waals surface area (Å²) >= 11 is 0. The van der Waals surface area contributed by atoms with Crippen molar-refractivity contribution in [2.24, 2.45) is 5.73 Å². The van der Waals surface area contributed by atoms with Crippen LogP contribution in [0, 0.1) is 0 Å². The zero-order chi connectivity index (χ0) is 13.2. The van der Waals surface area contributed by atoms with E-state index in [2.05, 4.69) is 18.8 Å². The van der Waals surface area contributed by atoms with Crippen LogP contribution in [0.4, 0.5) is 0 Å². The SMILES string of the molecule is CCOC(C)(CC)c1ncc2c(n1)CCCC2N. The molecule has 1 aliphatic carbocycles. The van der Waals surface area contributed by atoms with Crippen LogP contribution in [-0.2, 0) is 16.8 Å². The monoisotopic (exact) mass is 249 g/mol. The van der Waals surface area contributed by atoms with Crippen molar-refractivity contribution in [3.63, 3.8) is 0 Å². The molecule has 2 unspecified atom stereocenters. The van der Waals surface area contributed by atoms with Crippen molar-refractivity contribution in [3.8, 4) is 0 Å². The van der Waals surface area contributed by atoms with Gasteiger partial charge in [-0.05, 0) is 39.5 Å². The Morgan fingerprint density at radius 2 is 2.28 bits per heavy atom. The maximum atomic E-state index is 6.09. The average Bonchev–Trinajstić information content (AvgIpc) is 2.39. The van der Waals surface area contributed by atoms with Crippen molar-refractivity contribution >= 4 is 0 Å². The molecule has 1 aliphatic rings. The summed E-state index contributed by atoms with van der Waals surface area (Å²) < 4.78 is 5.83. The van der Waals surface area contributed by atoms with E-state index >= 15 is 0 Å². The lowest BCUT2D eigenvalue weighted by Gasteiger charge is -2.28. The highest BCUT2D eigenvalue weighted by Crippen LogP contribution is 2.30. The lowest BCUT2D eigenvalue weighted by atomic mass is 9.92. The summed E-state index contributed by atoms with van der Waals surface area (Å²) in [6.45, 7) is 6.83. The van der Waals surface area contributed by atoms with Crippen molar-refractivity contribution in [1.29, 1.82) is 0 Å². The van der Waals surface area contributed by atoms with Gasteiger partial charge < -0.3 is 10.5 Å². The van der Waals surface area contributed by atoms with Crippen molar-refractivity contribution in [3.05, 3.63) is 23.3 Å². The maximum absolute atomic E-state index is 6.09. The van der Waals surface area contributed by atoms with E-state index in [1.165, 1.54) is 0 Å². The average molecular weight is 249 g/mol. The van der Waals surface area contributed by atoms with E-state index in [0.29, 0.717) is 6.61 Å². The van der Waals surface area contributed by atoms with E-state index in [1.54, 1.807) is 0 Å². The minimum Gasteiger partial charge on any atom is -0.368 e. The molecule has 1 aromatic heterocycles. The van der Waals surface area contributed by atoms with Crippen LogP contribution in [0.5, 0.6) is 0 Å². The number of rotatable bonds is 4. The van der Waals surface area contributed by atoms with Crippen LogP contribution < -0.4 is 5.73 Å². The first-order valence-corrected chi connectivity index (χ1v) is 6.86. The third-order valence-corrected chi connectivity index (χ3v) is 3.84. The molecule has 1 heterocycles. The Morgan fingerprint density at radius 3 is 2.94 bits per heavy atom. The van der Waals surface area contributed by atoms with E-state index in [9.17, 15) is 0 Å². The first-order chi connectivity index (χ1) is 8.60. The van der Waals surface area contributed by atoms with Crippen molar-refractivity contribution in [2.45, 2.75) is 58.1 Å². The van der Waals surface area contributed by atoms with Gasteiger partial charge >= 0.3 is 0 Å². The molecule has 0 amide bonds. The number of fused-ring (bicyclic) bond motifs is 1. The predicted octanol–water partition coefficient (Wildman–Crippen LogP) is 2.47. The van der Waals surface area contributed by atoms with Crippen molar-refractivity contribution < 1.29 is 4.74 Å². The second kappa shape index (κ2) is 5.33. The van der Waals surface area contributed by atoms with Crippen LogP contribution in [-0.4, -0.2) is 16.6 Å². The molecule has 0 saturated heterocycles. The minimum atomic E-state index is -0.384. The summed E-state index contributed by atoms with van der Waals surface area (Å²) in [5, 5.41) is 0. The lowest BCUT2D eigenvalue weighted by Crippen LogP contribution is -2.30. The summed E-state index contributed by atoms with van der Waals surface area (Å²) in [5.41, 5.74) is 7.92. The molecule has 0 fully saturated rings. The second-order valence-electron chi connectivity index (χ2n) is 5.11. The summed E-state index contributed by atoms with van der Waals surface area (Å²) in [4.78, 5) is 9.20. The summed E-state index contributed by atoms with van der Waals surface area (Å²) in [7, 11) is 0. The Labute approximate surface area is 109 Å². The van der Waals surface area contributed by atoms with E-state index in [0.717, 1.165) is 42.8 Å². The molecule has 0 saturated carbocycles. The number of aryl methyl sites for hydroxylation is 1. The summed E-state index contributed by atoms with van der Waals surface area (Å²) in [6.07, 6.45) is 5.92. The van der Waals surface area contributed by atoms with E-state index in [-0.39, 0.29) is 11.6 Å². The highest BCUT2D eigenvalue weighted by Gasteiger charge is 2.30. The molecule has 0 spiro atoms. The van der Waals surface area contributed by atoms with Crippen LogP contribution in [0.1, 0.15) is 63.2 Å². The lowest BCUT2D eigenvalue weighted by molar-refractivity contribution is -0.0392. The van der Waals surface area contributed by atoms with E-state index in [4.69, 9.17) is 15.5 Å². The Bertz CT molecular complexity index is 422. The fourth-order valence-corrected chi connectivity index (χ4v) is 2.48. The molecule has 2 N–H and O–H groups in total. The molecule has 0 aliphatic heterocycles. The van der Waals surface area contributed by atoms with Gasteiger partial charge in [-0.2, -0.15) is 0 Å². The van der Waals surface area contributed by atoms with Gasteiger partial charge in [0.1, 0.15) is 5.60 Å². The number of hydrogen-bond donors (Lipinski definition) is 1. The van der Waals surface area contributed by atoms with E-state index in [1.807, 2.05) is 13.1 Å². The second-order valence-corrected chi connectivity index (χ2v) is 5.11. The first kappa shape index (κ1) is 13.4. The first-order valence-electron chi connectivity index (χ1n) is 6.86. The third kappa shape index (κ3) is 2.40. The Morgan fingerprint density at radius 1 is 1.50 bits per heavy atom. The topological polar surface area (TPSA) is 61.0 Å². The van der Waals surface area contributed by atoms with Crippen LogP contribution in [0.25, 0.3) is 0 Å². The number of nitrogens with zero attached hydrogens (tertiary/aromatic N) is 2. The zero-order valence-corrected chi connectivity index (χ0v) is 11.6. The fourth-order valence-electron chi connectivity index (χ4n) is 2.48. The third-order valence-electron chi connectivity index (χ3n) is 3.84. The van der Waals surface area contributed by atoms with Gasteiger partial charge in [0.25, 0.3) is 0 Å².